The van der Waals surface area contributed by atoms with Gasteiger partial charge in [-0.2, -0.15) is 0 Å². The second-order valence-corrected chi connectivity index (χ2v) is 2.24. The third-order valence-electron chi connectivity index (χ3n) is 1.20. The number of aldehydes is 1. The molecule has 0 rings (SSSR count). The molecular formula is C9H12O3. The fourth-order valence-corrected chi connectivity index (χ4v) is 0.655. The monoisotopic (exact) mass is 168 g/mol. The van der Waals surface area contributed by atoms with Crippen LogP contribution in [0.2, 0.25) is 0 Å². The van der Waals surface area contributed by atoms with Crippen LogP contribution in [0.4, 0.5) is 0 Å². The van der Waals surface area contributed by atoms with E-state index in [1.54, 1.807) is 12.2 Å². The molecule has 0 spiro atoms. The van der Waals surface area contributed by atoms with Gasteiger partial charge in [0.15, 0.2) is 0 Å². The van der Waals surface area contributed by atoms with E-state index in [1.165, 1.54) is 6.08 Å². The molecule has 0 saturated carbocycles. The number of unbranched alkanes of at least 4 members (excludes halogenated alkanes) is 1. The highest BCUT2D eigenvalue weighted by Crippen LogP contribution is 1.96. The molecule has 3 nitrogen and oxygen atoms in total. The van der Waals surface area contributed by atoms with E-state index in [0.29, 0.717) is 12.7 Å². The van der Waals surface area contributed by atoms with Crippen LogP contribution in [-0.2, 0) is 9.59 Å². The molecule has 0 amide bonds. The Labute approximate surface area is 71.4 Å². The lowest BCUT2D eigenvalue weighted by atomic mass is 10.2. The van der Waals surface area contributed by atoms with Crippen molar-refractivity contribution in [3.8, 4) is 0 Å². The van der Waals surface area contributed by atoms with Gasteiger partial charge < -0.3 is 5.11 Å². The average molecular weight is 168 g/mol. The summed E-state index contributed by atoms with van der Waals surface area (Å²) in [4.78, 5) is 19.8. The lowest BCUT2D eigenvalue weighted by molar-refractivity contribution is -0.137. The zero-order chi connectivity index (χ0) is 9.23. The van der Waals surface area contributed by atoms with Crippen molar-refractivity contribution < 1.29 is 14.7 Å². The smallest absolute Gasteiger partial charge is 0.303 e. The van der Waals surface area contributed by atoms with Gasteiger partial charge in [0, 0.05) is 6.42 Å². The molecule has 0 aliphatic heterocycles. The van der Waals surface area contributed by atoms with Gasteiger partial charge in [-0.05, 0) is 18.9 Å². The van der Waals surface area contributed by atoms with Crippen molar-refractivity contribution in [2.75, 3.05) is 0 Å². The second-order valence-electron chi connectivity index (χ2n) is 2.24. The van der Waals surface area contributed by atoms with Crippen molar-refractivity contribution in [2.45, 2.75) is 19.3 Å². The summed E-state index contributed by atoms with van der Waals surface area (Å²) in [6.07, 6.45) is 8.83. The molecule has 0 fully saturated rings. The molecule has 0 heterocycles. The zero-order valence-corrected chi connectivity index (χ0v) is 6.77. The molecule has 0 unspecified atom stereocenters. The Balaban J connectivity index is 3.30. The maximum atomic E-state index is 10.1. The number of aliphatic carboxylic acids is 1. The highest BCUT2D eigenvalue weighted by Gasteiger charge is 1.92. The lowest BCUT2D eigenvalue weighted by Gasteiger charge is -1.88. The minimum absolute atomic E-state index is 0.196. The molecule has 0 saturated heterocycles. The summed E-state index contributed by atoms with van der Waals surface area (Å²) >= 11 is 0. The van der Waals surface area contributed by atoms with Crippen LogP contribution in [0.15, 0.2) is 24.3 Å². The minimum atomic E-state index is -0.771. The van der Waals surface area contributed by atoms with E-state index in [4.69, 9.17) is 5.11 Å². The predicted molar refractivity (Wildman–Crippen MR) is 45.8 cm³/mol. The number of hydrogen-bond acceptors (Lipinski definition) is 2. The number of carboxylic acid groups (broad SMARTS) is 1. The highest BCUT2D eigenvalue weighted by molar-refractivity contribution is 5.66. The molecule has 0 aromatic rings. The molecule has 0 atom stereocenters. The van der Waals surface area contributed by atoms with Crippen LogP contribution in [-0.4, -0.2) is 17.4 Å². The molecule has 0 aromatic carbocycles. The standard InChI is InChI=1S/C9H12O3/c10-8-6-4-2-1-3-5-7-9(11)12/h1-2,4,6,8H,3,5,7H2,(H,11,12)/b2-1-,6-4+. The van der Waals surface area contributed by atoms with E-state index in [9.17, 15) is 9.59 Å². The SMILES string of the molecule is O=C/C=C/C=C\CCCC(=O)O. The van der Waals surface area contributed by atoms with E-state index in [2.05, 4.69) is 0 Å². The van der Waals surface area contributed by atoms with Crippen LogP contribution in [0.5, 0.6) is 0 Å². The molecule has 3 heteroatoms. The number of carbonyl (C=O) groups is 2. The molecule has 0 radical (unpaired) electrons. The van der Waals surface area contributed by atoms with Crippen LogP contribution in [0.25, 0.3) is 0 Å². The van der Waals surface area contributed by atoms with Crippen molar-refractivity contribution in [3.63, 3.8) is 0 Å². The normalized spacial score (nSPS) is 11.0. The number of hydrogen-bond donors (Lipinski definition) is 1. The number of carboxylic acids is 1. The van der Waals surface area contributed by atoms with E-state index in [-0.39, 0.29) is 6.42 Å². The quantitative estimate of drug-likeness (QED) is 0.283. The Morgan fingerprint density at radius 2 is 2.00 bits per heavy atom. The number of rotatable bonds is 6. The van der Waals surface area contributed by atoms with Gasteiger partial charge in [0.1, 0.15) is 6.29 Å². The molecule has 0 aromatic heterocycles. The summed E-state index contributed by atoms with van der Waals surface area (Å²) in [7, 11) is 0. The van der Waals surface area contributed by atoms with Crippen molar-refractivity contribution >= 4 is 12.3 Å². The fourth-order valence-electron chi connectivity index (χ4n) is 0.655. The van der Waals surface area contributed by atoms with Gasteiger partial charge in [-0.1, -0.05) is 18.2 Å². The van der Waals surface area contributed by atoms with Crippen LogP contribution >= 0.6 is 0 Å². The van der Waals surface area contributed by atoms with Crippen molar-refractivity contribution in [2.24, 2.45) is 0 Å². The van der Waals surface area contributed by atoms with E-state index in [1.807, 2.05) is 6.08 Å². The van der Waals surface area contributed by atoms with Gasteiger partial charge in [0.25, 0.3) is 0 Å². The van der Waals surface area contributed by atoms with Gasteiger partial charge in [-0.25, -0.2) is 0 Å². The first-order valence-electron chi connectivity index (χ1n) is 3.76. The van der Waals surface area contributed by atoms with E-state index < -0.39 is 5.97 Å². The molecular weight excluding hydrogens is 156 g/mol. The third kappa shape index (κ3) is 8.62. The first-order chi connectivity index (χ1) is 5.77. The van der Waals surface area contributed by atoms with Crippen molar-refractivity contribution in [1.29, 1.82) is 0 Å². The fraction of sp³-hybridized carbons (Fsp3) is 0.333. The molecule has 0 aliphatic rings. The second kappa shape index (κ2) is 7.72. The van der Waals surface area contributed by atoms with Crippen LogP contribution in [0, 0.1) is 0 Å². The topological polar surface area (TPSA) is 54.4 Å². The molecule has 0 bridgehead atoms. The summed E-state index contributed by atoms with van der Waals surface area (Å²) in [6.45, 7) is 0. The van der Waals surface area contributed by atoms with Gasteiger partial charge in [-0.3, -0.25) is 9.59 Å². The van der Waals surface area contributed by atoms with Crippen molar-refractivity contribution in [3.05, 3.63) is 24.3 Å². The molecule has 1 N–H and O–H groups in total. The molecule has 66 valence electrons. The van der Waals surface area contributed by atoms with Crippen LogP contribution in [0.3, 0.4) is 0 Å². The summed E-state index contributed by atoms with van der Waals surface area (Å²) in [5.41, 5.74) is 0. The summed E-state index contributed by atoms with van der Waals surface area (Å²) in [6, 6.07) is 0. The maximum absolute atomic E-state index is 10.1. The molecule has 0 aliphatic carbocycles. The Morgan fingerprint density at radius 1 is 1.25 bits per heavy atom. The average Bonchev–Trinajstić information content (AvgIpc) is 2.02. The van der Waals surface area contributed by atoms with E-state index >= 15 is 0 Å². The molecule has 12 heavy (non-hydrogen) atoms. The largest absolute Gasteiger partial charge is 0.481 e. The van der Waals surface area contributed by atoms with Gasteiger partial charge in [0.2, 0.25) is 0 Å². The predicted octanol–water partition coefficient (Wildman–Crippen LogP) is 1.55. The number of carbonyl (C=O) groups excluding carboxylic acids is 1. The van der Waals surface area contributed by atoms with Crippen LogP contribution < -0.4 is 0 Å². The first-order valence-corrected chi connectivity index (χ1v) is 3.76. The lowest BCUT2D eigenvalue weighted by Crippen LogP contribution is -1.92. The summed E-state index contributed by atoms with van der Waals surface area (Å²) in [5.74, 6) is -0.771. The number of allylic oxidation sites excluding steroid dienone is 4. The third-order valence-corrected chi connectivity index (χ3v) is 1.20. The first kappa shape index (κ1) is 10.6. The van der Waals surface area contributed by atoms with Crippen LogP contribution in [0.1, 0.15) is 19.3 Å². The Kier molecular flexibility index (Phi) is 6.84. The van der Waals surface area contributed by atoms with Gasteiger partial charge in [0.05, 0.1) is 0 Å². The highest BCUT2D eigenvalue weighted by atomic mass is 16.4. The minimum Gasteiger partial charge on any atom is -0.481 e. The maximum Gasteiger partial charge on any atom is 0.303 e. The Bertz CT molecular complexity index is 192. The Hall–Kier alpha value is -1.38. The zero-order valence-electron chi connectivity index (χ0n) is 6.77. The van der Waals surface area contributed by atoms with Gasteiger partial charge in [-0.15, -0.1) is 0 Å². The van der Waals surface area contributed by atoms with Gasteiger partial charge >= 0.3 is 5.97 Å². The Morgan fingerprint density at radius 3 is 2.58 bits per heavy atom. The van der Waals surface area contributed by atoms with E-state index in [0.717, 1.165) is 6.42 Å². The summed E-state index contributed by atoms with van der Waals surface area (Å²) < 4.78 is 0. The van der Waals surface area contributed by atoms with Crippen molar-refractivity contribution in [1.82, 2.24) is 0 Å². The summed E-state index contributed by atoms with van der Waals surface area (Å²) in [5, 5.41) is 8.27.